The summed E-state index contributed by atoms with van der Waals surface area (Å²) in [4.78, 5) is 12.2. The molecule has 2 aromatic rings. The Morgan fingerprint density at radius 1 is 1.11 bits per heavy atom. The number of benzene rings is 1. The van der Waals surface area contributed by atoms with Gasteiger partial charge < -0.3 is 14.6 Å². The van der Waals surface area contributed by atoms with Crippen molar-refractivity contribution in [2.24, 2.45) is 0 Å². The third kappa shape index (κ3) is 6.24. The van der Waals surface area contributed by atoms with Crippen LogP contribution in [0.15, 0.2) is 68.4 Å². The Balaban J connectivity index is 2.03. The first-order valence-electron chi connectivity index (χ1n) is 9.66. The van der Waals surface area contributed by atoms with Crippen LogP contribution in [-0.4, -0.2) is 16.3 Å². The molecule has 4 nitrogen and oxygen atoms in total. The first-order valence-corrected chi connectivity index (χ1v) is 9.66. The van der Waals surface area contributed by atoms with Crippen LogP contribution in [0.1, 0.15) is 52.5 Å². The van der Waals surface area contributed by atoms with Crippen LogP contribution in [0.5, 0.6) is 5.75 Å². The lowest BCUT2D eigenvalue weighted by molar-refractivity contribution is 0.222. The van der Waals surface area contributed by atoms with Gasteiger partial charge in [0.2, 0.25) is 0 Å². The summed E-state index contributed by atoms with van der Waals surface area (Å²) in [5, 5.41) is 21.2. The van der Waals surface area contributed by atoms with Gasteiger partial charge in [-0.1, -0.05) is 47.1 Å². The van der Waals surface area contributed by atoms with Crippen molar-refractivity contribution < 1.29 is 14.6 Å². The molecule has 2 N–H and O–H groups in total. The molecule has 150 valence electrons. The summed E-state index contributed by atoms with van der Waals surface area (Å²) in [6.45, 7) is 8.10. The number of aliphatic hydroxyl groups excluding tert-OH is 1. The average Bonchev–Trinajstić information content (AvgIpc) is 2.60. The molecule has 0 saturated heterocycles. The Morgan fingerprint density at radius 2 is 1.82 bits per heavy atom. The van der Waals surface area contributed by atoms with Crippen molar-refractivity contribution in [3.63, 3.8) is 0 Å². The van der Waals surface area contributed by atoms with Crippen molar-refractivity contribution in [2.75, 3.05) is 0 Å². The van der Waals surface area contributed by atoms with E-state index < -0.39 is 11.7 Å². The highest BCUT2D eigenvalue weighted by Gasteiger charge is 2.12. The summed E-state index contributed by atoms with van der Waals surface area (Å²) in [5.74, 6) is -0.0357. The fraction of sp³-hybridized carbons (Fsp3) is 0.375. The average molecular weight is 383 g/mol. The van der Waals surface area contributed by atoms with Gasteiger partial charge in [0, 0.05) is 6.42 Å². The zero-order chi connectivity index (χ0) is 20.7. The first-order chi connectivity index (χ1) is 13.3. The second kappa shape index (κ2) is 10.1. The van der Waals surface area contributed by atoms with E-state index in [1.165, 1.54) is 5.57 Å². The zero-order valence-corrected chi connectivity index (χ0v) is 17.2. The minimum atomic E-state index is -0.565. The van der Waals surface area contributed by atoms with E-state index >= 15 is 0 Å². The van der Waals surface area contributed by atoms with E-state index in [4.69, 9.17) is 4.42 Å². The second-order valence-electron chi connectivity index (χ2n) is 7.57. The van der Waals surface area contributed by atoms with Crippen LogP contribution in [0, 0.1) is 0 Å². The third-order valence-electron chi connectivity index (χ3n) is 4.63. The Kier molecular flexibility index (Phi) is 7.82. The Labute approximate surface area is 166 Å². The topological polar surface area (TPSA) is 70.7 Å². The first kappa shape index (κ1) is 21.7. The minimum absolute atomic E-state index is 0.0357. The summed E-state index contributed by atoms with van der Waals surface area (Å²) in [6, 6.07) is 6.92. The molecule has 4 heteroatoms. The Morgan fingerprint density at radius 3 is 2.54 bits per heavy atom. The minimum Gasteiger partial charge on any atom is -0.507 e. The number of hydrogen-bond donors (Lipinski definition) is 2. The second-order valence-corrected chi connectivity index (χ2v) is 7.57. The number of para-hydroxylation sites is 1. The normalized spacial score (nSPS) is 13.6. The van der Waals surface area contributed by atoms with Crippen molar-refractivity contribution >= 4 is 11.0 Å². The van der Waals surface area contributed by atoms with Gasteiger partial charge in [0.05, 0.1) is 17.1 Å². The molecule has 1 atom stereocenters. The number of fused-ring (bicyclic) bond motifs is 1. The van der Waals surface area contributed by atoms with Crippen molar-refractivity contribution in [3.8, 4) is 5.75 Å². The summed E-state index contributed by atoms with van der Waals surface area (Å²) >= 11 is 0. The molecule has 2 rings (SSSR count). The van der Waals surface area contributed by atoms with Gasteiger partial charge in [0.25, 0.3) is 0 Å². The van der Waals surface area contributed by atoms with E-state index in [2.05, 4.69) is 19.9 Å². The monoisotopic (exact) mass is 382 g/mol. The summed E-state index contributed by atoms with van der Waals surface area (Å²) in [6.07, 6.45) is 8.02. The highest BCUT2D eigenvalue weighted by atomic mass is 16.4. The van der Waals surface area contributed by atoms with E-state index in [1.54, 1.807) is 24.3 Å². The van der Waals surface area contributed by atoms with Gasteiger partial charge in [-0.3, -0.25) is 0 Å². The molecule has 0 aliphatic heterocycles. The number of aliphatic hydroxyl groups is 1. The SMILES string of the molecule is CC(C)=CCCC(C)=CC(O)CC(C)=CCc1c(O)c2ccccc2oc1=O. The summed E-state index contributed by atoms with van der Waals surface area (Å²) in [7, 11) is 0. The van der Waals surface area contributed by atoms with Crippen LogP contribution in [0.25, 0.3) is 11.0 Å². The molecule has 0 radical (unpaired) electrons. The number of rotatable bonds is 8. The van der Waals surface area contributed by atoms with E-state index in [1.807, 2.05) is 26.0 Å². The van der Waals surface area contributed by atoms with Crippen molar-refractivity contribution in [1.82, 2.24) is 0 Å². The smallest absolute Gasteiger partial charge is 0.343 e. The molecular weight excluding hydrogens is 352 g/mol. The standard InChI is InChI=1S/C24H30O4/c1-16(2)8-7-9-17(3)14-19(25)15-18(4)12-13-21-23(26)20-10-5-6-11-22(20)28-24(21)27/h5-6,8,10-12,14,19,25-26H,7,9,13,15H2,1-4H3. The van der Waals surface area contributed by atoms with Gasteiger partial charge in [0.15, 0.2) is 0 Å². The quantitative estimate of drug-likeness (QED) is 0.472. The van der Waals surface area contributed by atoms with E-state index in [0.717, 1.165) is 24.0 Å². The number of aromatic hydroxyl groups is 1. The van der Waals surface area contributed by atoms with E-state index in [0.29, 0.717) is 17.4 Å². The van der Waals surface area contributed by atoms with Crippen LogP contribution in [-0.2, 0) is 6.42 Å². The lowest BCUT2D eigenvalue weighted by atomic mass is 10.0. The molecule has 1 heterocycles. The zero-order valence-electron chi connectivity index (χ0n) is 17.2. The Bertz CT molecular complexity index is 956. The van der Waals surface area contributed by atoms with Crippen LogP contribution in [0.4, 0.5) is 0 Å². The molecule has 1 unspecified atom stereocenters. The summed E-state index contributed by atoms with van der Waals surface area (Å²) in [5.41, 5.74) is 3.49. The highest BCUT2D eigenvalue weighted by molar-refractivity contribution is 5.83. The predicted molar refractivity (Wildman–Crippen MR) is 115 cm³/mol. The van der Waals surface area contributed by atoms with Crippen LogP contribution in [0.3, 0.4) is 0 Å². The van der Waals surface area contributed by atoms with Gasteiger partial charge in [0.1, 0.15) is 11.3 Å². The molecule has 0 spiro atoms. The lowest BCUT2D eigenvalue weighted by Gasteiger charge is -2.09. The molecule has 0 bridgehead atoms. The molecule has 1 aromatic heterocycles. The fourth-order valence-electron chi connectivity index (χ4n) is 3.10. The van der Waals surface area contributed by atoms with Gasteiger partial charge in [-0.2, -0.15) is 0 Å². The maximum Gasteiger partial charge on any atom is 0.343 e. The lowest BCUT2D eigenvalue weighted by Crippen LogP contribution is -2.08. The number of allylic oxidation sites excluding steroid dienone is 4. The fourth-order valence-corrected chi connectivity index (χ4v) is 3.10. The van der Waals surface area contributed by atoms with Crippen LogP contribution in [0.2, 0.25) is 0 Å². The predicted octanol–water partition coefficient (Wildman–Crippen LogP) is 5.43. The molecular formula is C24H30O4. The maximum absolute atomic E-state index is 12.2. The van der Waals surface area contributed by atoms with Crippen LogP contribution < -0.4 is 5.63 Å². The molecule has 0 amide bonds. The molecule has 0 saturated carbocycles. The van der Waals surface area contributed by atoms with Gasteiger partial charge in [-0.15, -0.1) is 0 Å². The van der Waals surface area contributed by atoms with E-state index in [9.17, 15) is 15.0 Å². The molecule has 0 aliphatic rings. The Hall–Kier alpha value is -2.59. The number of hydrogen-bond acceptors (Lipinski definition) is 4. The molecule has 28 heavy (non-hydrogen) atoms. The van der Waals surface area contributed by atoms with E-state index in [-0.39, 0.29) is 17.7 Å². The molecule has 0 aliphatic carbocycles. The van der Waals surface area contributed by atoms with Crippen molar-refractivity contribution in [2.45, 2.75) is 59.5 Å². The summed E-state index contributed by atoms with van der Waals surface area (Å²) < 4.78 is 5.29. The molecule has 0 fully saturated rings. The third-order valence-corrected chi connectivity index (χ3v) is 4.63. The highest BCUT2D eigenvalue weighted by Crippen LogP contribution is 2.26. The van der Waals surface area contributed by atoms with Crippen molar-refractivity contribution in [3.05, 3.63) is 75.2 Å². The van der Waals surface area contributed by atoms with Gasteiger partial charge >= 0.3 is 5.63 Å². The maximum atomic E-state index is 12.2. The van der Waals surface area contributed by atoms with Gasteiger partial charge in [-0.25, -0.2) is 4.79 Å². The van der Waals surface area contributed by atoms with Crippen LogP contribution >= 0.6 is 0 Å². The largest absolute Gasteiger partial charge is 0.507 e. The van der Waals surface area contributed by atoms with Gasteiger partial charge in [-0.05, 0) is 59.1 Å². The molecule has 1 aromatic carbocycles. The van der Waals surface area contributed by atoms with Crippen molar-refractivity contribution in [1.29, 1.82) is 0 Å².